The van der Waals surface area contributed by atoms with Crippen LogP contribution in [0.1, 0.15) is 120 Å². The molecule has 3 unspecified atom stereocenters. The maximum absolute atomic E-state index is 15.3. The van der Waals surface area contributed by atoms with Gasteiger partial charge in [0, 0.05) is 41.9 Å². The number of benzene rings is 1. The van der Waals surface area contributed by atoms with Gasteiger partial charge in [0.1, 0.15) is 112 Å². The van der Waals surface area contributed by atoms with Crippen LogP contribution in [0.3, 0.4) is 0 Å². The maximum atomic E-state index is 15.3. The summed E-state index contributed by atoms with van der Waals surface area (Å²) in [4.78, 5) is 132. The number of nitrogens with one attached hydrogen (secondary N) is 8. The minimum Gasteiger partial charge on any atom is -0.441 e. The first-order chi connectivity index (χ1) is 53.5. The Bertz CT molecular complexity index is 3990. The van der Waals surface area contributed by atoms with Crippen LogP contribution in [-0.2, 0) is 57.1 Å². The Morgan fingerprint density at radius 2 is 1.39 bits per heavy atom. The molecular weight excluding hydrogens is 1540 g/mol. The molecule has 26 atom stereocenters. The number of aromatic amines is 1. The van der Waals surface area contributed by atoms with Crippen LogP contribution in [0.2, 0.25) is 0 Å². The molecule has 0 aliphatic carbocycles. The number of nitrogens with zero attached hydrogens (tertiary/aromatic N) is 5. The molecule has 7 heterocycles. The number of thiazole rings is 2. The van der Waals surface area contributed by atoms with Gasteiger partial charge in [-0.1, -0.05) is 30.3 Å². The number of amides is 8. The van der Waals surface area contributed by atoms with Crippen molar-refractivity contribution in [3.05, 3.63) is 92.7 Å². The molecule has 3 saturated heterocycles. The van der Waals surface area contributed by atoms with Crippen LogP contribution in [0.15, 0.2) is 53.6 Å². The lowest BCUT2D eigenvalue weighted by molar-refractivity contribution is -0.372. The summed E-state index contributed by atoms with van der Waals surface area (Å²) in [6.45, 7) is 5.44. The van der Waals surface area contributed by atoms with E-state index in [4.69, 9.17) is 67.6 Å². The zero-order valence-corrected chi connectivity index (χ0v) is 63.1. The Labute approximate surface area is 651 Å². The first kappa shape index (κ1) is 89.8. The number of nitrogen functional groups attached to an aromatic ring is 1. The molecule has 3 aliphatic rings. The van der Waals surface area contributed by atoms with Crippen LogP contribution >= 0.6 is 22.7 Å². The van der Waals surface area contributed by atoms with E-state index in [2.05, 4.69) is 67.1 Å². The molecule has 31 N–H and O–H groups in total. The molecular formula is C66H97N19O26S2. The molecule has 113 heavy (non-hydrogen) atoms. The Kier molecular flexibility index (Phi) is 32.6. The van der Waals surface area contributed by atoms with Gasteiger partial charge < -0.3 is 166 Å². The minimum atomic E-state index is -2.26. The average molecular weight is 1640 g/mol. The number of nitrogens with two attached hydrogens (primary N) is 6. The number of imidazole rings is 1. The average Bonchev–Trinajstić information content (AvgIpc) is 1.58. The smallest absolute Gasteiger partial charge is 0.404 e. The van der Waals surface area contributed by atoms with Crippen molar-refractivity contribution in [2.24, 2.45) is 28.7 Å². The summed E-state index contributed by atoms with van der Waals surface area (Å²) < 4.78 is 40.5. The predicted octanol–water partition coefficient (Wildman–Crippen LogP) is -8.85. The van der Waals surface area contributed by atoms with Gasteiger partial charge >= 0.3 is 6.09 Å². The van der Waals surface area contributed by atoms with Gasteiger partial charge in [0.25, 0.3) is 11.8 Å². The molecule has 3 fully saturated rings. The Hall–Kier alpha value is -8.71. The summed E-state index contributed by atoms with van der Waals surface area (Å²) in [6.07, 6.45) is -37.2. The van der Waals surface area contributed by atoms with Crippen LogP contribution in [0, 0.1) is 6.92 Å². The second kappa shape index (κ2) is 41.0. The number of carbonyl (C=O) groups is 8. The largest absolute Gasteiger partial charge is 0.441 e. The molecule has 47 heteroatoms. The van der Waals surface area contributed by atoms with E-state index in [1.54, 1.807) is 0 Å². The first-order valence-electron chi connectivity index (χ1n) is 35.4. The van der Waals surface area contributed by atoms with Crippen molar-refractivity contribution in [3.63, 3.8) is 0 Å². The highest BCUT2D eigenvalue weighted by Crippen LogP contribution is 2.36. The van der Waals surface area contributed by atoms with Crippen molar-refractivity contribution in [2.45, 2.75) is 213 Å². The second-order valence-electron chi connectivity index (χ2n) is 26.9. The van der Waals surface area contributed by atoms with E-state index in [0.29, 0.717) is 19.5 Å². The highest BCUT2D eigenvalue weighted by Gasteiger charge is 2.54. The minimum absolute atomic E-state index is 0.0726. The first-order valence-corrected chi connectivity index (χ1v) is 37.1. The van der Waals surface area contributed by atoms with Crippen LogP contribution in [0.4, 0.5) is 10.6 Å². The Morgan fingerprint density at radius 3 is 2.04 bits per heavy atom. The molecule has 624 valence electrons. The van der Waals surface area contributed by atoms with Gasteiger partial charge in [-0.3, -0.25) is 33.6 Å². The van der Waals surface area contributed by atoms with Gasteiger partial charge in [0.2, 0.25) is 29.5 Å². The van der Waals surface area contributed by atoms with Gasteiger partial charge in [-0.05, 0) is 53.1 Å². The Balaban J connectivity index is 1.04. The van der Waals surface area contributed by atoms with E-state index in [-0.39, 0.29) is 38.7 Å². The summed E-state index contributed by atoms with van der Waals surface area (Å²) in [5.41, 5.74) is 34.6. The summed E-state index contributed by atoms with van der Waals surface area (Å²) in [7, 11) is 0. The fraction of sp³-hybridized carbons (Fsp3) is 0.591. The number of aliphatic hydroxyl groups excluding tert-OH is 11. The molecule has 0 radical (unpaired) electrons. The van der Waals surface area contributed by atoms with Gasteiger partial charge in [0.05, 0.1) is 80.3 Å². The van der Waals surface area contributed by atoms with E-state index in [9.17, 15) is 84.9 Å². The zero-order valence-electron chi connectivity index (χ0n) is 61.4. The van der Waals surface area contributed by atoms with Crippen LogP contribution in [-0.4, -0.2) is 301 Å². The van der Waals surface area contributed by atoms with Crippen LogP contribution in [0.25, 0.3) is 10.7 Å². The van der Waals surface area contributed by atoms with E-state index < -0.39 is 250 Å². The van der Waals surface area contributed by atoms with Crippen molar-refractivity contribution < 1.29 is 128 Å². The normalized spacial score (nSPS) is 26.8. The number of aliphatic hydroxyl groups is 11. The Morgan fingerprint density at radius 1 is 0.708 bits per heavy atom. The highest BCUT2D eigenvalue weighted by atomic mass is 32.1. The molecule has 3 aliphatic heterocycles. The van der Waals surface area contributed by atoms with Gasteiger partial charge in [-0.15, -0.1) is 22.7 Å². The van der Waals surface area contributed by atoms with Crippen LogP contribution in [0.5, 0.6) is 0 Å². The predicted molar refractivity (Wildman–Crippen MR) is 389 cm³/mol. The molecule has 8 rings (SSSR count). The third-order valence-corrected chi connectivity index (χ3v) is 20.3. The van der Waals surface area contributed by atoms with E-state index in [0.717, 1.165) is 54.6 Å². The SMILES string of the molecule is Cc1c(N)nc([C@H](CC(N)=O)NC[C@H](N)C(N)=O)nc1C(=O)N[C@H](C(=O)N[C@H](C)[C@@H](O)CC(=O)N[C@H](C(=O)NC(O[C@@H]1O[C@@H](C)[C@@H](N)[C@@H](O)[C@H]1O)C(O)c1nc(-c2nc(C(=O)NCCCNC(C)c3ccccc3)cs2)cs1)[C@@H](C)O)[C@@H](O[C@@H]1O[C@@H](CO)[C@@H](O)[C@H](O)[C@@H]1O[C@H]1O[C@H](CO)[C@@H](O)[C@H](OC(N)=O)[C@@H]1O)c1cnc[nH]1. The van der Waals surface area contributed by atoms with Gasteiger partial charge in [-0.2, -0.15) is 0 Å². The number of aromatic nitrogens is 6. The maximum Gasteiger partial charge on any atom is 0.404 e. The van der Waals surface area contributed by atoms with E-state index >= 15 is 9.59 Å². The molecule has 0 saturated carbocycles. The monoisotopic (exact) mass is 1640 g/mol. The van der Waals surface area contributed by atoms with E-state index in [1.165, 1.54) is 24.6 Å². The lowest BCUT2D eigenvalue weighted by Crippen LogP contribution is -2.65. The van der Waals surface area contributed by atoms with Gasteiger partial charge in [-0.25, -0.2) is 29.7 Å². The third-order valence-electron chi connectivity index (χ3n) is 18.6. The van der Waals surface area contributed by atoms with Crippen molar-refractivity contribution in [3.8, 4) is 10.7 Å². The van der Waals surface area contributed by atoms with Crippen LogP contribution < -0.4 is 71.6 Å². The third kappa shape index (κ3) is 23.3. The quantitative estimate of drug-likeness (QED) is 0.0128. The van der Waals surface area contributed by atoms with Gasteiger partial charge in [0.15, 0.2) is 37.3 Å². The fourth-order valence-corrected chi connectivity index (χ4v) is 13.5. The lowest BCUT2D eigenvalue weighted by Gasteiger charge is -2.47. The zero-order chi connectivity index (χ0) is 83.0. The number of anilines is 1. The number of carbonyl (C=O) groups excluding carboxylic acids is 8. The van der Waals surface area contributed by atoms with Crippen molar-refractivity contribution in [1.29, 1.82) is 0 Å². The molecule has 8 amide bonds. The topological polar surface area (TPSA) is 744 Å². The standard InChI is InChI=1S/C66H97N19O26S2/c1-23-40(82-55(84-53(23)70)30(14-37(68)90)76-16-29(67)54(71)99)57(101)83-42(50(31-17-73-22-77-31)108-65-52(46(95)43(92)35(18-86)107-65)109-64-48(97)51(110-66(72)104)44(93)36(19-87)106-64)59(103)78-25(3)34(89)15-38(91)81-41(26(4)88)58(102)85-60(111-63-47(96)45(94)39(69)27(5)105-63)49(98)62-80-33(21-113-62)61-79-32(20-112-61)56(100)75-13-9-12-74-24(2)28-10-7-6-8-11-28/h6-8,10-11,17,20-22,24-27,29-30,34-36,39,41-52,60,63-65,74,76,86-89,92-98H,9,12-16,18-19,67,69H2,1-5H3,(H2,68,90)(H2,71,99)(H2,72,104)(H,73,77)(H,75,100)(H,78,103)(H,81,91)(H,83,101)(H,85,102)(H2,70,82,84)/t24?,25-,26-,27+,29+,30+,34+,35+,36-,39-,41+,42+,43-,44-,45-,46+,47-,48+,49?,50+,51+,52+,60?,63+,64-,65+/m1/s1. The number of ether oxygens (including phenoxy) is 7. The second-order valence-corrected chi connectivity index (χ2v) is 28.7. The molecule has 4 aromatic heterocycles. The molecule has 5 aromatic rings. The fourth-order valence-electron chi connectivity index (χ4n) is 11.9. The van der Waals surface area contributed by atoms with Crippen molar-refractivity contribution >= 4 is 75.9 Å². The van der Waals surface area contributed by atoms with Crippen molar-refractivity contribution in [2.75, 3.05) is 38.6 Å². The van der Waals surface area contributed by atoms with Crippen molar-refractivity contribution in [1.82, 2.24) is 67.1 Å². The molecule has 0 bridgehead atoms. The summed E-state index contributed by atoms with van der Waals surface area (Å²) in [5, 5.41) is 144. The number of hydrogen-bond donors (Lipinski definition) is 25. The molecule has 0 spiro atoms. The highest BCUT2D eigenvalue weighted by molar-refractivity contribution is 7.14. The van der Waals surface area contributed by atoms with E-state index in [1.807, 2.05) is 37.3 Å². The number of hydrogen-bond acceptors (Lipinski definition) is 38. The summed E-state index contributed by atoms with van der Waals surface area (Å²) >= 11 is 1.90. The summed E-state index contributed by atoms with van der Waals surface area (Å²) in [5.74, 6) is -8.30. The number of rotatable bonds is 39. The number of H-pyrrole nitrogens is 1. The molecule has 45 nitrogen and oxygen atoms in total. The summed E-state index contributed by atoms with van der Waals surface area (Å²) in [6, 6.07) is 0.231. The lowest BCUT2D eigenvalue weighted by atomic mass is 9.97. The number of primary amides is 3. The molecule has 1 aromatic carbocycles.